The van der Waals surface area contributed by atoms with Crippen molar-refractivity contribution in [3.63, 3.8) is 0 Å². The average molecular weight is 372 g/mol. The minimum atomic E-state index is -0.308. The highest BCUT2D eigenvalue weighted by atomic mass is 16.5. The molecule has 0 atom stereocenters. The summed E-state index contributed by atoms with van der Waals surface area (Å²) in [6, 6.07) is 8.90. The van der Waals surface area contributed by atoms with E-state index in [2.05, 4.69) is 22.7 Å². The number of hydrogen-bond acceptors (Lipinski definition) is 4. The van der Waals surface area contributed by atoms with E-state index in [0.717, 1.165) is 31.2 Å². The van der Waals surface area contributed by atoms with Gasteiger partial charge in [-0.1, -0.05) is 49.0 Å². The van der Waals surface area contributed by atoms with Crippen LogP contribution in [0.3, 0.4) is 0 Å². The first kappa shape index (κ1) is 20.5. The third kappa shape index (κ3) is 7.13. The average Bonchev–Trinajstić information content (AvgIpc) is 3.04. The van der Waals surface area contributed by atoms with Crippen LogP contribution in [0.25, 0.3) is 0 Å². The van der Waals surface area contributed by atoms with Crippen molar-refractivity contribution in [1.29, 1.82) is 0 Å². The second-order valence-electron chi connectivity index (χ2n) is 6.65. The number of hydrogen-bond donors (Lipinski definition) is 2. The molecule has 0 aliphatic carbocycles. The van der Waals surface area contributed by atoms with Crippen molar-refractivity contribution >= 4 is 23.4 Å². The molecule has 1 aromatic carbocycles. The number of aryl methyl sites for hydroxylation is 2. The zero-order valence-electron chi connectivity index (χ0n) is 16.2. The Hall–Kier alpha value is -2.83. The first-order valence-electron chi connectivity index (χ1n) is 9.33. The molecule has 2 rings (SSSR count). The van der Waals surface area contributed by atoms with Crippen molar-refractivity contribution in [2.45, 2.75) is 46.5 Å². The number of anilines is 2. The van der Waals surface area contributed by atoms with E-state index in [0.29, 0.717) is 23.8 Å². The number of nitrogens with one attached hydrogen (secondary N) is 2. The van der Waals surface area contributed by atoms with Crippen LogP contribution < -0.4 is 10.6 Å². The number of carbonyl (C=O) groups is 2. The van der Waals surface area contributed by atoms with E-state index in [-0.39, 0.29) is 18.5 Å². The van der Waals surface area contributed by atoms with Crippen LogP contribution >= 0.6 is 0 Å². The molecular formula is C20H28N4O3. The van der Waals surface area contributed by atoms with Crippen LogP contribution in [0.5, 0.6) is 0 Å². The van der Waals surface area contributed by atoms with Gasteiger partial charge in [-0.25, -0.2) is 4.79 Å². The van der Waals surface area contributed by atoms with Crippen molar-refractivity contribution in [3.05, 3.63) is 41.7 Å². The highest BCUT2D eigenvalue weighted by molar-refractivity contribution is 5.96. The summed E-state index contributed by atoms with van der Waals surface area (Å²) < 4.78 is 4.94. The van der Waals surface area contributed by atoms with Gasteiger partial charge in [0.05, 0.1) is 0 Å². The molecular weight excluding hydrogens is 344 g/mol. The Morgan fingerprint density at radius 2 is 1.81 bits per heavy atom. The van der Waals surface area contributed by atoms with Crippen molar-refractivity contribution in [2.75, 3.05) is 23.7 Å². The largest absolute Gasteiger partial charge is 0.360 e. The number of carbonyl (C=O) groups excluding carboxylic acids is 2. The monoisotopic (exact) mass is 372 g/mol. The van der Waals surface area contributed by atoms with Crippen LogP contribution in [0.15, 0.2) is 34.9 Å². The molecule has 0 aliphatic heterocycles. The van der Waals surface area contributed by atoms with Gasteiger partial charge in [0.25, 0.3) is 0 Å². The van der Waals surface area contributed by atoms with Crippen LogP contribution in [0, 0.1) is 13.8 Å². The lowest BCUT2D eigenvalue weighted by Crippen LogP contribution is -2.41. The molecule has 7 nitrogen and oxygen atoms in total. The van der Waals surface area contributed by atoms with E-state index >= 15 is 0 Å². The second-order valence-corrected chi connectivity index (χ2v) is 6.65. The smallest absolute Gasteiger partial charge is 0.322 e. The van der Waals surface area contributed by atoms with Crippen LogP contribution in [-0.4, -0.2) is 35.1 Å². The molecule has 7 heteroatoms. The van der Waals surface area contributed by atoms with E-state index < -0.39 is 0 Å². The quantitative estimate of drug-likeness (QED) is 0.641. The number of unbranched alkanes of at least 4 members (excludes halogenated alkanes) is 3. The van der Waals surface area contributed by atoms with Crippen molar-refractivity contribution < 1.29 is 14.1 Å². The van der Waals surface area contributed by atoms with E-state index in [9.17, 15) is 9.59 Å². The maximum atomic E-state index is 12.7. The fraction of sp³-hybridized carbons (Fsp3) is 0.450. The van der Waals surface area contributed by atoms with Crippen LogP contribution in [0.2, 0.25) is 0 Å². The molecule has 0 fully saturated rings. The summed E-state index contributed by atoms with van der Waals surface area (Å²) in [6.45, 7) is 6.34. The molecule has 0 saturated carbocycles. The third-order valence-electron chi connectivity index (χ3n) is 4.10. The van der Waals surface area contributed by atoms with Gasteiger partial charge in [0.15, 0.2) is 5.82 Å². The fourth-order valence-electron chi connectivity index (χ4n) is 2.60. The van der Waals surface area contributed by atoms with Gasteiger partial charge in [0.1, 0.15) is 12.3 Å². The molecule has 1 heterocycles. The number of nitrogens with zero attached hydrogens (tertiary/aromatic N) is 2. The number of benzene rings is 1. The lowest BCUT2D eigenvalue weighted by Gasteiger charge is -2.22. The maximum Gasteiger partial charge on any atom is 0.322 e. The SMILES string of the molecule is CCCCCCN(CC(=O)Nc1cc(C)on1)C(=O)Nc1ccc(C)cc1. The van der Waals surface area contributed by atoms with Gasteiger partial charge in [-0.2, -0.15) is 0 Å². The zero-order valence-corrected chi connectivity index (χ0v) is 16.2. The standard InChI is InChI=1S/C20H28N4O3/c1-4-5-6-7-12-24(14-19(25)22-18-13-16(3)27-23-18)20(26)21-17-10-8-15(2)9-11-17/h8-11,13H,4-7,12,14H2,1-3H3,(H,21,26)(H,22,23,25). The minimum absolute atomic E-state index is 0.0459. The first-order chi connectivity index (χ1) is 13.0. The lowest BCUT2D eigenvalue weighted by atomic mass is 10.2. The molecule has 0 unspecified atom stereocenters. The summed E-state index contributed by atoms with van der Waals surface area (Å²) in [6.07, 6.45) is 4.10. The highest BCUT2D eigenvalue weighted by Crippen LogP contribution is 2.11. The van der Waals surface area contributed by atoms with E-state index in [1.165, 1.54) is 4.90 Å². The van der Waals surface area contributed by atoms with E-state index in [1.807, 2.05) is 31.2 Å². The van der Waals surface area contributed by atoms with Gasteiger partial charge in [-0.05, 0) is 32.4 Å². The highest BCUT2D eigenvalue weighted by Gasteiger charge is 2.18. The molecule has 27 heavy (non-hydrogen) atoms. The van der Waals surface area contributed by atoms with Crippen molar-refractivity contribution in [1.82, 2.24) is 10.1 Å². The van der Waals surface area contributed by atoms with Gasteiger partial charge in [-0.15, -0.1) is 0 Å². The Kier molecular flexibility index (Phi) is 7.85. The Morgan fingerprint density at radius 1 is 1.07 bits per heavy atom. The topological polar surface area (TPSA) is 87.5 Å². The Balaban J connectivity index is 1.96. The van der Waals surface area contributed by atoms with Gasteiger partial charge < -0.3 is 20.1 Å². The Labute approximate surface area is 160 Å². The van der Waals surface area contributed by atoms with Crippen LogP contribution in [0.4, 0.5) is 16.3 Å². The Morgan fingerprint density at radius 3 is 2.44 bits per heavy atom. The van der Waals surface area contributed by atoms with Gasteiger partial charge in [0, 0.05) is 18.3 Å². The Bertz CT molecular complexity index is 740. The summed E-state index contributed by atoms with van der Waals surface area (Å²) in [5.41, 5.74) is 1.82. The first-order valence-corrected chi connectivity index (χ1v) is 9.33. The summed E-state index contributed by atoms with van der Waals surface area (Å²) in [7, 11) is 0. The molecule has 2 N–H and O–H groups in total. The lowest BCUT2D eigenvalue weighted by molar-refractivity contribution is -0.116. The molecule has 0 spiro atoms. The molecule has 2 aromatic rings. The van der Waals surface area contributed by atoms with E-state index in [1.54, 1.807) is 13.0 Å². The summed E-state index contributed by atoms with van der Waals surface area (Å²) in [5.74, 6) is 0.652. The van der Waals surface area contributed by atoms with E-state index in [4.69, 9.17) is 4.52 Å². The van der Waals surface area contributed by atoms with Crippen LogP contribution in [0.1, 0.15) is 43.9 Å². The molecule has 0 saturated heterocycles. The summed E-state index contributed by atoms with van der Waals surface area (Å²) >= 11 is 0. The predicted molar refractivity (Wildman–Crippen MR) is 106 cm³/mol. The normalized spacial score (nSPS) is 10.5. The zero-order chi connectivity index (χ0) is 19.6. The van der Waals surface area contributed by atoms with Gasteiger partial charge in [-0.3, -0.25) is 4.79 Å². The molecule has 0 aliphatic rings. The molecule has 1 aromatic heterocycles. The second kappa shape index (κ2) is 10.4. The number of aromatic nitrogens is 1. The van der Waals surface area contributed by atoms with Gasteiger partial charge in [0.2, 0.25) is 5.91 Å². The summed E-state index contributed by atoms with van der Waals surface area (Å²) in [4.78, 5) is 26.5. The van der Waals surface area contributed by atoms with Gasteiger partial charge >= 0.3 is 6.03 Å². The number of amides is 3. The number of rotatable bonds is 9. The third-order valence-corrected chi connectivity index (χ3v) is 4.10. The maximum absolute atomic E-state index is 12.7. The fourth-order valence-corrected chi connectivity index (χ4v) is 2.60. The number of urea groups is 1. The molecule has 0 radical (unpaired) electrons. The van der Waals surface area contributed by atoms with Crippen molar-refractivity contribution in [3.8, 4) is 0 Å². The molecule has 3 amide bonds. The molecule has 146 valence electrons. The predicted octanol–water partition coefficient (Wildman–Crippen LogP) is 4.34. The van der Waals surface area contributed by atoms with Crippen LogP contribution in [-0.2, 0) is 4.79 Å². The molecule has 0 bridgehead atoms. The van der Waals surface area contributed by atoms with Crippen molar-refractivity contribution in [2.24, 2.45) is 0 Å². The summed E-state index contributed by atoms with van der Waals surface area (Å²) in [5, 5.41) is 9.26. The minimum Gasteiger partial charge on any atom is -0.360 e.